The molecule has 194 valence electrons. The first-order valence-electron chi connectivity index (χ1n) is 14.0. The molecule has 0 amide bonds. The van der Waals surface area contributed by atoms with E-state index in [-0.39, 0.29) is 0 Å². The van der Waals surface area contributed by atoms with Gasteiger partial charge in [-0.15, -0.1) is 0 Å². The van der Waals surface area contributed by atoms with Gasteiger partial charge < -0.3 is 4.90 Å². The molecule has 7 aromatic rings. The Kier molecular flexibility index (Phi) is 6.61. The molecule has 0 aromatic heterocycles. The van der Waals surface area contributed by atoms with Crippen LogP contribution in [0.25, 0.3) is 44.2 Å². The fraction of sp³-hybridized carbons (Fsp3) is 0. The van der Waals surface area contributed by atoms with E-state index in [1.807, 2.05) is 0 Å². The van der Waals surface area contributed by atoms with Gasteiger partial charge in [0.05, 0.1) is 0 Å². The van der Waals surface area contributed by atoms with E-state index in [1.165, 1.54) is 44.2 Å². The predicted molar refractivity (Wildman–Crippen MR) is 175 cm³/mol. The summed E-state index contributed by atoms with van der Waals surface area (Å²) >= 11 is 0. The fourth-order valence-corrected chi connectivity index (χ4v) is 5.53. The minimum atomic E-state index is 1.13. The average molecular weight is 524 g/mol. The van der Waals surface area contributed by atoms with Crippen molar-refractivity contribution < 1.29 is 0 Å². The van der Waals surface area contributed by atoms with Gasteiger partial charge in [0.25, 0.3) is 0 Å². The second-order valence-corrected chi connectivity index (χ2v) is 10.3. The van der Waals surface area contributed by atoms with Gasteiger partial charge >= 0.3 is 0 Å². The van der Waals surface area contributed by atoms with Crippen molar-refractivity contribution in [3.63, 3.8) is 0 Å². The molecule has 1 heteroatoms. The number of para-hydroxylation sites is 2. The van der Waals surface area contributed by atoms with Crippen molar-refractivity contribution >= 4 is 27.8 Å². The molecule has 7 aromatic carbocycles. The maximum atomic E-state index is 2.30. The first kappa shape index (κ1) is 24.6. The van der Waals surface area contributed by atoms with Crippen LogP contribution >= 0.6 is 0 Å². The SMILES string of the molecule is c1ccc(N(c2ccccc2)c2ccc(-c3cccc(-c4cccc(-c5ccc6ccccc6c5)c4)c3)cc2)cc1. The van der Waals surface area contributed by atoms with Gasteiger partial charge in [-0.05, 0) is 98.8 Å². The summed E-state index contributed by atoms with van der Waals surface area (Å²) in [4.78, 5) is 2.29. The van der Waals surface area contributed by atoms with Gasteiger partial charge in [0, 0.05) is 17.1 Å². The molecule has 7 rings (SSSR count). The van der Waals surface area contributed by atoms with Gasteiger partial charge in [-0.2, -0.15) is 0 Å². The number of hydrogen-bond acceptors (Lipinski definition) is 1. The molecule has 0 aliphatic rings. The van der Waals surface area contributed by atoms with Crippen LogP contribution in [0, 0.1) is 0 Å². The molecule has 0 fully saturated rings. The Hall–Kier alpha value is -5.40. The Morgan fingerprint density at radius 2 is 0.659 bits per heavy atom. The van der Waals surface area contributed by atoms with Crippen LogP contribution in [0.3, 0.4) is 0 Å². The largest absolute Gasteiger partial charge is 0.311 e. The molecule has 0 saturated heterocycles. The minimum Gasteiger partial charge on any atom is -0.311 e. The zero-order valence-corrected chi connectivity index (χ0v) is 22.7. The van der Waals surface area contributed by atoms with Crippen molar-refractivity contribution in [1.29, 1.82) is 0 Å². The van der Waals surface area contributed by atoms with Gasteiger partial charge in [0.2, 0.25) is 0 Å². The lowest BCUT2D eigenvalue weighted by molar-refractivity contribution is 1.28. The Morgan fingerprint density at radius 1 is 0.244 bits per heavy atom. The first-order valence-corrected chi connectivity index (χ1v) is 14.0. The van der Waals surface area contributed by atoms with Gasteiger partial charge in [-0.1, -0.05) is 121 Å². The normalized spacial score (nSPS) is 10.9. The molecular weight excluding hydrogens is 494 g/mol. The zero-order chi connectivity index (χ0) is 27.4. The molecule has 0 atom stereocenters. The van der Waals surface area contributed by atoms with Crippen LogP contribution in [0.2, 0.25) is 0 Å². The summed E-state index contributed by atoms with van der Waals surface area (Å²) in [6.07, 6.45) is 0. The van der Waals surface area contributed by atoms with Crippen molar-refractivity contribution in [1.82, 2.24) is 0 Å². The number of benzene rings is 7. The van der Waals surface area contributed by atoms with Crippen molar-refractivity contribution in [3.05, 3.63) is 176 Å². The van der Waals surface area contributed by atoms with Gasteiger partial charge in [0.15, 0.2) is 0 Å². The molecule has 0 saturated carbocycles. The minimum absolute atomic E-state index is 1.13. The maximum Gasteiger partial charge on any atom is 0.0462 e. The predicted octanol–water partition coefficient (Wildman–Crippen LogP) is 11.3. The third-order valence-corrected chi connectivity index (χ3v) is 7.63. The quantitative estimate of drug-likeness (QED) is 0.209. The molecule has 0 aliphatic carbocycles. The van der Waals surface area contributed by atoms with Crippen LogP contribution in [0.15, 0.2) is 176 Å². The molecule has 0 aliphatic heterocycles. The first-order chi connectivity index (χ1) is 20.3. The van der Waals surface area contributed by atoms with E-state index >= 15 is 0 Å². The second-order valence-electron chi connectivity index (χ2n) is 10.3. The van der Waals surface area contributed by atoms with Gasteiger partial charge in [0.1, 0.15) is 0 Å². The Labute approximate surface area is 241 Å². The van der Waals surface area contributed by atoms with E-state index in [0.717, 1.165) is 17.1 Å². The number of nitrogens with zero attached hydrogens (tertiary/aromatic N) is 1. The lowest BCUT2D eigenvalue weighted by Gasteiger charge is -2.25. The highest BCUT2D eigenvalue weighted by atomic mass is 15.1. The highest BCUT2D eigenvalue weighted by Crippen LogP contribution is 2.36. The van der Waals surface area contributed by atoms with Crippen molar-refractivity contribution in [2.45, 2.75) is 0 Å². The van der Waals surface area contributed by atoms with E-state index in [9.17, 15) is 0 Å². The topological polar surface area (TPSA) is 3.24 Å². The third-order valence-electron chi connectivity index (χ3n) is 7.63. The van der Waals surface area contributed by atoms with Crippen molar-refractivity contribution in [2.75, 3.05) is 4.90 Å². The average Bonchev–Trinajstić information content (AvgIpc) is 3.06. The van der Waals surface area contributed by atoms with E-state index in [0.29, 0.717) is 0 Å². The number of anilines is 3. The molecule has 41 heavy (non-hydrogen) atoms. The molecule has 0 unspecified atom stereocenters. The Bertz CT molecular complexity index is 1880. The highest BCUT2D eigenvalue weighted by molar-refractivity contribution is 5.88. The van der Waals surface area contributed by atoms with Crippen LogP contribution in [-0.2, 0) is 0 Å². The molecule has 0 N–H and O–H groups in total. The summed E-state index contributed by atoms with van der Waals surface area (Å²) in [6.45, 7) is 0. The highest BCUT2D eigenvalue weighted by Gasteiger charge is 2.12. The fourth-order valence-electron chi connectivity index (χ4n) is 5.53. The lowest BCUT2D eigenvalue weighted by Crippen LogP contribution is -2.09. The number of rotatable bonds is 6. The molecule has 0 bridgehead atoms. The number of fused-ring (bicyclic) bond motifs is 1. The van der Waals surface area contributed by atoms with E-state index in [2.05, 4.69) is 181 Å². The van der Waals surface area contributed by atoms with Crippen LogP contribution in [-0.4, -0.2) is 0 Å². The maximum absolute atomic E-state index is 2.30. The third kappa shape index (κ3) is 5.14. The monoisotopic (exact) mass is 523 g/mol. The van der Waals surface area contributed by atoms with Crippen LogP contribution in [0.5, 0.6) is 0 Å². The smallest absolute Gasteiger partial charge is 0.0462 e. The second kappa shape index (κ2) is 11.0. The Balaban J connectivity index is 1.20. The Morgan fingerprint density at radius 3 is 1.22 bits per heavy atom. The summed E-state index contributed by atoms with van der Waals surface area (Å²) in [5.41, 5.74) is 10.7. The molecule has 0 heterocycles. The molecule has 0 radical (unpaired) electrons. The summed E-state index contributed by atoms with van der Waals surface area (Å²) in [5, 5.41) is 2.53. The van der Waals surface area contributed by atoms with Crippen molar-refractivity contribution in [3.8, 4) is 33.4 Å². The summed E-state index contributed by atoms with van der Waals surface area (Å²) in [6, 6.07) is 62.8. The standard InChI is InChI=1S/C40H29N/c1-3-17-38(18-4-1)41(39-19-5-2-6-20-39)40-25-23-31(24-26-40)33-13-9-14-34(27-33)35-15-10-16-36(29-35)37-22-21-30-11-7-8-12-32(30)28-37/h1-29H. The van der Waals surface area contributed by atoms with Crippen molar-refractivity contribution in [2.24, 2.45) is 0 Å². The van der Waals surface area contributed by atoms with Crippen LogP contribution < -0.4 is 4.90 Å². The lowest BCUT2D eigenvalue weighted by atomic mass is 9.95. The van der Waals surface area contributed by atoms with Gasteiger partial charge in [-0.3, -0.25) is 0 Å². The van der Waals surface area contributed by atoms with E-state index in [4.69, 9.17) is 0 Å². The number of hydrogen-bond donors (Lipinski definition) is 0. The summed E-state index contributed by atoms with van der Waals surface area (Å²) in [7, 11) is 0. The molecular formula is C40H29N. The zero-order valence-electron chi connectivity index (χ0n) is 22.7. The molecule has 0 spiro atoms. The summed E-state index contributed by atoms with van der Waals surface area (Å²) in [5.74, 6) is 0. The summed E-state index contributed by atoms with van der Waals surface area (Å²) < 4.78 is 0. The van der Waals surface area contributed by atoms with Crippen LogP contribution in [0.4, 0.5) is 17.1 Å². The van der Waals surface area contributed by atoms with E-state index in [1.54, 1.807) is 0 Å². The van der Waals surface area contributed by atoms with Gasteiger partial charge in [-0.25, -0.2) is 0 Å². The van der Waals surface area contributed by atoms with Crippen LogP contribution in [0.1, 0.15) is 0 Å². The molecule has 1 nitrogen and oxygen atoms in total. The van der Waals surface area contributed by atoms with E-state index < -0.39 is 0 Å².